The van der Waals surface area contributed by atoms with Gasteiger partial charge < -0.3 is 16.2 Å². The lowest BCUT2D eigenvalue weighted by Crippen LogP contribution is -2.40. The van der Waals surface area contributed by atoms with Crippen LogP contribution in [0.25, 0.3) is 0 Å². The Bertz CT molecular complexity index is 241. The van der Waals surface area contributed by atoms with Crippen molar-refractivity contribution in [1.82, 2.24) is 5.32 Å². The van der Waals surface area contributed by atoms with Crippen LogP contribution in [0.2, 0.25) is 0 Å². The van der Waals surface area contributed by atoms with Gasteiger partial charge in [0, 0.05) is 18.5 Å². The molecule has 0 spiro atoms. The molecule has 0 aliphatic carbocycles. The standard InChI is InChI=1S/C11H22N2O3/c1-4-8(5-11(15)16)13-10(14)6-9(12)7(2)3/h7-9H,4-6,12H2,1-3H3,(H,13,14)(H,15,16). The molecule has 0 heterocycles. The van der Waals surface area contributed by atoms with Gasteiger partial charge in [0.25, 0.3) is 0 Å². The van der Waals surface area contributed by atoms with Gasteiger partial charge in [0.15, 0.2) is 0 Å². The molecule has 0 aliphatic heterocycles. The lowest BCUT2D eigenvalue weighted by Gasteiger charge is -2.18. The summed E-state index contributed by atoms with van der Waals surface area (Å²) in [6.07, 6.45) is 0.807. The molecule has 2 unspecified atom stereocenters. The van der Waals surface area contributed by atoms with Gasteiger partial charge in [0.05, 0.1) is 6.42 Å². The average molecular weight is 230 g/mol. The molecule has 5 nitrogen and oxygen atoms in total. The van der Waals surface area contributed by atoms with Crippen molar-refractivity contribution in [2.24, 2.45) is 11.7 Å². The van der Waals surface area contributed by atoms with Gasteiger partial charge in [0.2, 0.25) is 5.91 Å². The van der Waals surface area contributed by atoms with Crippen LogP contribution in [0.4, 0.5) is 0 Å². The van der Waals surface area contributed by atoms with Crippen LogP contribution in [0.5, 0.6) is 0 Å². The maximum Gasteiger partial charge on any atom is 0.305 e. The van der Waals surface area contributed by atoms with Gasteiger partial charge in [0.1, 0.15) is 0 Å². The molecule has 0 aromatic heterocycles. The first-order chi connectivity index (χ1) is 7.36. The van der Waals surface area contributed by atoms with Crippen LogP contribution in [-0.2, 0) is 9.59 Å². The van der Waals surface area contributed by atoms with E-state index in [0.29, 0.717) is 6.42 Å². The second kappa shape index (κ2) is 7.22. The highest BCUT2D eigenvalue weighted by Crippen LogP contribution is 2.04. The van der Waals surface area contributed by atoms with E-state index in [2.05, 4.69) is 5.32 Å². The van der Waals surface area contributed by atoms with Crippen molar-refractivity contribution in [2.75, 3.05) is 0 Å². The molecule has 0 saturated heterocycles. The normalized spacial score (nSPS) is 14.6. The third-order valence-corrected chi connectivity index (χ3v) is 2.56. The zero-order chi connectivity index (χ0) is 12.7. The number of hydrogen-bond acceptors (Lipinski definition) is 3. The van der Waals surface area contributed by atoms with Crippen LogP contribution in [0.3, 0.4) is 0 Å². The summed E-state index contributed by atoms with van der Waals surface area (Å²) < 4.78 is 0. The molecule has 0 aromatic rings. The molecular formula is C11H22N2O3. The Morgan fingerprint density at radius 1 is 1.31 bits per heavy atom. The molecule has 0 saturated carbocycles. The first-order valence-corrected chi connectivity index (χ1v) is 5.63. The van der Waals surface area contributed by atoms with Gasteiger partial charge in [-0.1, -0.05) is 20.8 Å². The second-order valence-corrected chi connectivity index (χ2v) is 4.38. The predicted molar refractivity (Wildman–Crippen MR) is 61.9 cm³/mol. The number of carboxylic acid groups (broad SMARTS) is 1. The van der Waals surface area contributed by atoms with E-state index in [1.54, 1.807) is 0 Å². The van der Waals surface area contributed by atoms with Crippen LogP contribution in [0, 0.1) is 5.92 Å². The minimum atomic E-state index is -0.902. The van der Waals surface area contributed by atoms with E-state index in [0.717, 1.165) is 0 Å². The number of amides is 1. The fourth-order valence-electron chi connectivity index (χ4n) is 1.24. The second-order valence-electron chi connectivity index (χ2n) is 4.38. The summed E-state index contributed by atoms with van der Waals surface area (Å²) in [7, 11) is 0. The van der Waals surface area contributed by atoms with Gasteiger partial charge >= 0.3 is 5.97 Å². The maximum atomic E-state index is 11.5. The summed E-state index contributed by atoms with van der Waals surface area (Å²) in [6, 6.07) is -0.480. The topological polar surface area (TPSA) is 92.4 Å². The third kappa shape index (κ3) is 6.40. The largest absolute Gasteiger partial charge is 0.481 e. The third-order valence-electron chi connectivity index (χ3n) is 2.56. The Balaban J connectivity index is 4.05. The van der Waals surface area contributed by atoms with E-state index in [-0.39, 0.29) is 36.8 Å². The maximum absolute atomic E-state index is 11.5. The molecule has 1 amide bonds. The van der Waals surface area contributed by atoms with Gasteiger partial charge in [-0.3, -0.25) is 9.59 Å². The molecule has 5 heteroatoms. The first kappa shape index (κ1) is 14.9. The zero-order valence-corrected chi connectivity index (χ0v) is 10.2. The fourth-order valence-corrected chi connectivity index (χ4v) is 1.24. The van der Waals surface area contributed by atoms with Gasteiger partial charge in [-0.05, 0) is 12.3 Å². The molecule has 0 rings (SSSR count). The lowest BCUT2D eigenvalue weighted by atomic mass is 10.0. The van der Waals surface area contributed by atoms with Gasteiger partial charge in [-0.25, -0.2) is 0 Å². The molecule has 2 atom stereocenters. The van der Waals surface area contributed by atoms with Crippen LogP contribution < -0.4 is 11.1 Å². The SMILES string of the molecule is CCC(CC(=O)O)NC(=O)CC(N)C(C)C. The quantitative estimate of drug-likeness (QED) is 0.601. The number of rotatable bonds is 7. The molecule has 0 aliphatic rings. The first-order valence-electron chi connectivity index (χ1n) is 5.63. The Labute approximate surface area is 96.4 Å². The molecule has 16 heavy (non-hydrogen) atoms. The van der Waals surface area contributed by atoms with Crippen LogP contribution >= 0.6 is 0 Å². The zero-order valence-electron chi connectivity index (χ0n) is 10.2. The van der Waals surface area contributed by atoms with Crippen molar-refractivity contribution in [3.63, 3.8) is 0 Å². The number of nitrogens with one attached hydrogen (secondary N) is 1. The number of carboxylic acids is 1. The Morgan fingerprint density at radius 2 is 1.88 bits per heavy atom. The van der Waals surface area contributed by atoms with Crippen molar-refractivity contribution in [3.8, 4) is 0 Å². The Kier molecular flexibility index (Phi) is 6.72. The van der Waals surface area contributed by atoms with Crippen molar-refractivity contribution < 1.29 is 14.7 Å². The van der Waals surface area contributed by atoms with E-state index in [4.69, 9.17) is 10.8 Å². The Morgan fingerprint density at radius 3 is 2.25 bits per heavy atom. The Hall–Kier alpha value is -1.10. The van der Waals surface area contributed by atoms with Crippen LogP contribution in [0.15, 0.2) is 0 Å². The monoisotopic (exact) mass is 230 g/mol. The number of aliphatic carboxylic acids is 1. The van der Waals surface area contributed by atoms with Crippen molar-refractivity contribution in [3.05, 3.63) is 0 Å². The molecule has 94 valence electrons. The van der Waals surface area contributed by atoms with Crippen molar-refractivity contribution in [1.29, 1.82) is 0 Å². The molecule has 0 bridgehead atoms. The number of nitrogens with two attached hydrogens (primary N) is 1. The smallest absolute Gasteiger partial charge is 0.305 e. The average Bonchev–Trinajstić information content (AvgIpc) is 2.15. The summed E-state index contributed by atoms with van der Waals surface area (Å²) in [5.74, 6) is -0.833. The van der Waals surface area contributed by atoms with E-state index in [1.807, 2.05) is 20.8 Å². The van der Waals surface area contributed by atoms with Crippen molar-refractivity contribution in [2.45, 2.75) is 52.1 Å². The summed E-state index contributed by atoms with van der Waals surface area (Å²) >= 11 is 0. The summed E-state index contributed by atoms with van der Waals surface area (Å²) in [5, 5.41) is 11.3. The van der Waals surface area contributed by atoms with E-state index in [9.17, 15) is 9.59 Å². The van der Waals surface area contributed by atoms with Crippen LogP contribution in [-0.4, -0.2) is 29.1 Å². The van der Waals surface area contributed by atoms with E-state index < -0.39 is 5.97 Å². The lowest BCUT2D eigenvalue weighted by molar-refractivity contribution is -0.137. The molecule has 4 N–H and O–H groups in total. The van der Waals surface area contributed by atoms with E-state index in [1.165, 1.54) is 0 Å². The van der Waals surface area contributed by atoms with Crippen LogP contribution in [0.1, 0.15) is 40.0 Å². The van der Waals surface area contributed by atoms with E-state index >= 15 is 0 Å². The number of hydrogen-bond donors (Lipinski definition) is 3. The highest BCUT2D eigenvalue weighted by molar-refractivity contribution is 5.78. The summed E-state index contributed by atoms with van der Waals surface area (Å²) in [5.41, 5.74) is 5.76. The fraction of sp³-hybridized carbons (Fsp3) is 0.818. The molecule has 0 aromatic carbocycles. The summed E-state index contributed by atoms with van der Waals surface area (Å²) in [4.78, 5) is 22.0. The number of carbonyl (C=O) groups is 2. The highest BCUT2D eigenvalue weighted by atomic mass is 16.4. The highest BCUT2D eigenvalue weighted by Gasteiger charge is 2.17. The predicted octanol–water partition coefficient (Wildman–Crippen LogP) is 0.729. The number of carbonyl (C=O) groups excluding carboxylic acids is 1. The van der Waals surface area contributed by atoms with Crippen molar-refractivity contribution >= 4 is 11.9 Å². The molecule has 0 fully saturated rings. The minimum Gasteiger partial charge on any atom is -0.481 e. The minimum absolute atomic E-state index is 0.0425. The summed E-state index contributed by atoms with van der Waals surface area (Å²) in [6.45, 7) is 5.75. The molecule has 0 radical (unpaired) electrons. The van der Waals surface area contributed by atoms with Gasteiger partial charge in [-0.15, -0.1) is 0 Å². The molecular weight excluding hydrogens is 208 g/mol. The van der Waals surface area contributed by atoms with Gasteiger partial charge in [-0.2, -0.15) is 0 Å².